The average molecular weight is 211 g/mol. The summed E-state index contributed by atoms with van der Waals surface area (Å²) in [5.41, 5.74) is 3.71. The summed E-state index contributed by atoms with van der Waals surface area (Å²) in [4.78, 5) is 1.10. The summed E-state index contributed by atoms with van der Waals surface area (Å²) in [6, 6.07) is 4.19. The Labute approximate surface area is 88.9 Å². The van der Waals surface area contributed by atoms with Crippen molar-refractivity contribution in [2.24, 2.45) is 0 Å². The van der Waals surface area contributed by atoms with Crippen LogP contribution < -0.4 is 0 Å². The highest BCUT2D eigenvalue weighted by Crippen LogP contribution is 2.27. The summed E-state index contributed by atoms with van der Waals surface area (Å²) in [6.07, 6.45) is 3.35. The van der Waals surface area contributed by atoms with Crippen molar-refractivity contribution in [3.8, 4) is 0 Å². The SMILES string of the molecule is Cc1cc2c(cc1Cl)CCCC2=S. The van der Waals surface area contributed by atoms with E-state index in [1.807, 2.05) is 6.92 Å². The smallest absolute Gasteiger partial charge is 0.0438 e. The Kier molecular flexibility index (Phi) is 2.39. The highest BCUT2D eigenvalue weighted by Gasteiger charge is 2.14. The zero-order valence-corrected chi connectivity index (χ0v) is 9.13. The molecule has 0 heterocycles. The summed E-state index contributed by atoms with van der Waals surface area (Å²) < 4.78 is 0. The molecule has 13 heavy (non-hydrogen) atoms. The van der Waals surface area contributed by atoms with E-state index in [0.717, 1.165) is 28.3 Å². The number of rotatable bonds is 0. The Bertz CT molecular complexity index is 369. The largest absolute Gasteiger partial charge is 0.0843 e. The van der Waals surface area contributed by atoms with Crippen molar-refractivity contribution in [3.63, 3.8) is 0 Å². The molecule has 0 bridgehead atoms. The maximum atomic E-state index is 6.05. The fourth-order valence-electron chi connectivity index (χ4n) is 1.76. The molecular formula is C11H11ClS. The van der Waals surface area contributed by atoms with Gasteiger partial charge in [-0.05, 0) is 55.0 Å². The second-order valence-corrected chi connectivity index (χ2v) is 4.44. The summed E-state index contributed by atoms with van der Waals surface area (Å²) in [5, 5.41) is 0.864. The summed E-state index contributed by atoms with van der Waals surface area (Å²) in [5.74, 6) is 0. The van der Waals surface area contributed by atoms with E-state index >= 15 is 0 Å². The number of halogens is 1. The first-order valence-corrected chi connectivity index (χ1v) is 5.29. The van der Waals surface area contributed by atoms with E-state index in [-0.39, 0.29) is 0 Å². The molecule has 0 saturated heterocycles. The topological polar surface area (TPSA) is 0 Å². The normalized spacial score (nSPS) is 15.7. The van der Waals surface area contributed by atoms with Gasteiger partial charge >= 0.3 is 0 Å². The van der Waals surface area contributed by atoms with E-state index in [2.05, 4.69) is 12.1 Å². The van der Waals surface area contributed by atoms with Crippen molar-refractivity contribution in [2.45, 2.75) is 26.2 Å². The molecule has 0 N–H and O–H groups in total. The lowest BCUT2D eigenvalue weighted by Crippen LogP contribution is -2.09. The van der Waals surface area contributed by atoms with Gasteiger partial charge in [0.1, 0.15) is 0 Å². The zero-order chi connectivity index (χ0) is 9.42. The molecule has 0 aliphatic heterocycles. The minimum atomic E-state index is 0.864. The molecule has 0 spiro atoms. The van der Waals surface area contributed by atoms with Crippen LogP contribution in [0.25, 0.3) is 0 Å². The van der Waals surface area contributed by atoms with E-state index < -0.39 is 0 Å². The molecule has 0 nitrogen and oxygen atoms in total. The van der Waals surface area contributed by atoms with Crippen LogP contribution in [0.5, 0.6) is 0 Å². The minimum Gasteiger partial charge on any atom is -0.0843 e. The van der Waals surface area contributed by atoms with Crippen molar-refractivity contribution >= 4 is 28.7 Å². The van der Waals surface area contributed by atoms with E-state index in [1.165, 1.54) is 17.5 Å². The van der Waals surface area contributed by atoms with Gasteiger partial charge in [-0.2, -0.15) is 0 Å². The van der Waals surface area contributed by atoms with Crippen molar-refractivity contribution in [1.82, 2.24) is 0 Å². The molecule has 0 atom stereocenters. The molecule has 1 aliphatic carbocycles. The van der Waals surface area contributed by atoms with Gasteiger partial charge in [-0.3, -0.25) is 0 Å². The van der Waals surface area contributed by atoms with Gasteiger partial charge in [-0.15, -0.1) is 0 Å². The lowest BCUT2D eigenvalue weighted by molar-refractivity contribution is 0.847. The first kappa shape index (κ1) is 9.17. The molecule has 1 aromatic rings. The molecular weight excluding hydrogens is 200 g/mol. The minimum absolute atomic E-state index is 0.864. The maximum absolute atomic E-state index is 6.05. The molecule has 0 fully saturated rings. The van der Waals surface area contributed by atoms with Crippen LogP contribution in [0.3, 0.4) is 0 Å². The van der Waals surface area contributed by atoms with Crippen LogP contribution in [0.2, 0.25) is 5.02 Å². The molecule has 0 aromatic heterocycles. The quantitative estimate of drug-likeness (QED) is 0.589. The molecule has 0 saturated carbocycles. The molecule has 1 aliphatic rings. The number of thiocarbonyl (C=S) groups is 1. The Morgan fingerprint density at radius 2 is 2.08 bits per heavy atom. The Hall–Kier alpha value is -0.400. The van der Waals surface area contributed by atoms with Crippen LogP contribution in [0.15, 0.2) is 12.1 Å². The number of hydrogen-bond donors (Lipinski definition) is 0. The molecule has 0 radical (unpaired) electrons. The molecule has 2 rings (SSSR count). The standard InChI is InChI=1S/C11H11ClS/c1-7-5-9-8(6-10(7)12)3-2-4-11(9)13/h5-6H,2-4H2,1H3. The van der Waals surface area contributed by atoms with Crippen molar-refractivity contribution in [1.29, 1.82) is 0 Å². The number of hydrogen-bond acceptors (Lipinski definition) is 1. The maximum Gasteiger partial charge on any atom is 0.0438 e. The third kappa shape index (κ3) is 1.63. The van der Waals surface area contributed by atoms with E-state index in [4.69, 9.17) is 23.8 Å². The van der Waals surface area contributed by atoms with Gasteiger partial charge in [-0.1, -0.05) is 23.8 Å². The van der Waals surface area contributed by atoms with Crippen molar-refractivity contribution < 1.29 is 0 Å². The predicted octanol–water partition coefficient (Wildman–Crippen LogP) is 3.70. The lowest BCUT2D eigenvalue weighted by Gasteiger charge is -2.17. The Balaban J connectivity index is 2.58. The fraction of sp³-hybridized carbons (Fsp3) is 0.364. The molecule has 0 unspecified atom stereocenters. The highest BCUT2D eigenvalue weighted by atomic mass is 35.5. The van der Waals surface area contributed by atoms with E-state index in [1.54, 1.807) is 0 Å². The lowest BCUT2D eigenvalue weighted by atomic mass is 9.90. The van der Waals surface area contributed by atoms with Crippen LogP contribution in [-0.2, 0) is 6.42 Å². The number of fused-ring (bicyclic) bond motifs is 1. The summed E-state index contributed by atoms with van der Waals surface area (Å²) in [7, 11) is 0. The van der Waals surface area contributed by atoms with Gasteiger partial charge in [0, 0.05) is 9.89 Å². The Morgan fingerprint density at radius 3 is 2.85 bits per heavy atom. The summed E-state index contributed by atoms with van der Waals surface area (Å²) in [6.45, 7) is 2.03. The first-order chi connectivity index (χ1) is 6.18. The Morgan fingerprint density at radius 1 is 1.31 bits per heavy atom. The van der Waals surface area contributed by atoms with E-state index in [0.29, 0.717) is 0 Å². The molecule has 0 amide bonds. The van der Waals surface area contributed by atoms with Gasteiger partial charge in [-0.25, -0.2) is 0 Å². The van der Waals surface area contributed by atoms with E-state index in [9.17, 15) is 0 Å². The van der Waals surface area contributed by atoms with Crippen LogP contribution in [0.1, 0.15) is 29.5 Å². The second kappa shape index (κ2) is 3.39. The number of aryl methyl sites for hydroxylation is 2. The third-order valence-electron chi connectivity index (χ3n) is 2.53. The van der Waals surface area contributed by atoms with Crippen molar-refractivity contribution in [3.05, 3.63) is 33.8 Å². The van der Waals surface area contributed by atoms with Gasteiger partial charge in [0.05, 0.1) is 0 Å². The van der Waals surface area contributed by atoms with Gasteiger partial charge < -0.3 is 0 Å². The molecule has 2 heteroatoms. The van der Waals surface area contributed by atoms with Gasteiger partial charge in [0.15, 0.2) is 0 Å². The molecule has 68 valence electrons. The van der Waals surface area contributed by atoms with Crippen LogP contribution in [0, 0.1) is 6.92 Å². The fourth-order valence-corrected chi connectivity index (χ4v) is 2.28. The predicted molar refractivity (Wildman–Crippen MR) is 60.8 cm³/mol. The first-order valence-electron chi connectivity index (χ1n) is 4.50. The average Bonchev–Trinajstić information content (AvgIpc) is 2.09. The van der Waals surface area contributed by atoms with Crippen LogP contribution in [-0.4, -0.2) is 4.86 Å². The van der Waals surface area contributed by atoms with Gasteiger partial charge in [0.25, 0.3) is 0 Å². The zero-order valence-electron chi connectivity index (χ0n) is 7.56. The molecule has 1 aromatic carbocycles. The van der Waals surface area contributed by atoms with Crippen LogP contribution in [0.4, 0.5) is 0 Å². The van der Waals surface area contributed by atoms with Gasteiger partial charge in [0.2, 0.25) is 0 Å². The third-order valence-corrected chi connectivity index (χ3v) is 3.37. The highest BCUT2D eigenvalue weighted by molar-refractivity contribution is 7.80. The number of benzene rings is 1. The monoisotopic (exact) mass is 210 g/mol. The summed E-state index contributed by atoms with van der Waals surface area (Å²) >= 11 is 11.4. The second-order valence-electron chi connectivity index (χ2n) is 3.54. The van der Waals surface area contributed by atoms with Crippen LogP contribution >= 0.6 is 23.8 Å². The van der Waals surface area contributed by atoms with Crippen molar-refractivity contribution in [2.75, 3.05) is 0 Å².